The molecule has 2 aromatic carbocycles. The van der Waals surface area contributed by atoms with Gasteiger partial charge < -0.3 is 9.80 Å². The Balaban J connectivity index is 1.79. The van der Waals surface area contributed by atoms with Crippen molar-refractivity contribution in [1.82, 2.24) is 4.90 Å². The van der Waals surface area contributed by atoms with Crippen LogP contribution in [0.1, 0.15) is 28.4 Å². The third-order valence-electron chi connectivity index (χ3n) is 4.76. The molecule has 2 amide bonds. The van der Waals surface area contributed by atoms with Crippen LogP contribution in [-0.4, -0.2) is 40.8 Å². The maximum Gasteiger partial charge on any atom is 0.269 e. The van der Waals surface area contributed by atoms with Gasteiger partial charge in [0.25, 0.3) is 11.6 Å². The van der Waals surface area contributed by atoms with Gasteiger partial charge in [0.2, 0.25) is 5.91 Å². The van der Waals surface area contributed by atoms with E-state index in [1.54, 1.807) is 11.8 Å². The Morgan fingerprint density at radius 1 is 1.07 bits per heavy atom. The van der Waals surface area contributed by atoms with E-state index in [1.165, 1.54) is 29.2 Å². The van der Waals surface area contributed by atoms with Gasteiger partial charge in [-0.1, -0.05) is 6.07 Å². The monoisotopic (exact) mass is 367 g/mol. The van der Waals surface area contributed by atoms with E-state index in [0.717, 1.165) is 16.8 Å². The number of aryl methyl sites for hydroxylation is 2. The summed E-state index contributed by atoms with van der Waals surface area (Å²) in [6, 6.07) is 10.8. The zero-order valence-electron chi connectivity index (χ0n) is 15.5. The van der Waals surface area contributed by atoms with Crippen LogP contribution < -0.4 is 4.90 Å². The van der Waals surface area contributed by atoms with Crippen LogP contribution in [0.25, 0.3) is 0 Å². The number of non-ortho nitro benzene ring substituents is 1. The van der Waals surface area contributed by atoms with E-state index in [9.17, 15) is 19.7 Å². The molecular weight excluding hydrogens is 346 g/mol. The molecule has 1 fully saturated rings. The summed E-state index contributed by atoms with van der Waals surface area (Å²) in [5.41, 5.74) is 3.26. The van der Waals surface area contributed by atoms with Gasteiger partial charge in [0.05, 0.1) is 4.92 Å². The predicted octanol–water partition coefficient (Wildman–Crippen LogP) is 3.09. The maximum absolute atomic E-state index is 12.9. The van der Waals surface area contributed by atoms with Gasteiger partial charge in [0, 0.05) is 36.5 Å². The van der Waals surface area contributed by atoms with E-state index in [0.29, 0.717) is 18.7 Å². The molecule has 0 saturated carbocycles. The molecule has 0 unspecified atom stereocenters. The molecule has 1 saturated heterocycles. The van der Waals surface area contributed by atoms with Crippen molar-refractivity contribution in [2.24, 2.45) is 0 Å². The van der Waals surface area contributed by atoms with Gasteiger partial charge >= 0.3 is 0 Å². The molecular formula is C20H21N3O4. The van der Waals surface area contributed by atoms with Crippen molar-refractivity contribution in [2.75, 3.05) is 18.0 Å². The standard InChI is InChI=1S/C20H21N3O4/c1-13-10-14(2)12-18(11-13)22-9-8-21(15(3)19(22)24)20(25)16-4-6-17(7-5-16)23(26)27/h4-7,10-12,15H,8-9H2,1-3H3/t15-/m1/s1. The minimum Gasteiger partial charge on any atom is -0.325 e. The molecule has 7 nitrogen and oxygen atoms in total. The van der Waals surface area contributed by atoms with Gasteiger partial charge in [-0.05, 0) is 56.2 Å². The average molecular weight is 367 g/mol. The molecule has 140 valence electrons. The number of hydrogen-bond acceptors (Lipinski definition) is 4. The highest BCUT2D eigenvalue weighted by molar-refractivity contribution is 6.03. The highest BCUT2D eigenvalue weighted by Gasteiger charge is 2.35. The lowest BCUT2D eigenvalue weighted by molar-refractivity contribution is -0.384. The second-order valence-electron chi connectivity index (χ2n) is 6.81. The third kappa shape index (κ3) is 3.67. The number of benzene rings is 2. The van der Waals surface area contributed by atoms with Gasteiger partial charge in [0.1, 0.15) is 6.04 Å². The van der Waals surface area contributed by atoms with Crippen molar-refractivity contribution < 1.29 is 14.5 Å². The lowest BCUT2D eigenvalue weighted by Gasteiger charge is -2.39. The summed E-state index contributed by atoms with van der Waals surface area (Å²) in [6.07, 6.45) is 0. The molecule has 0 N–H and O–H groups in total. The van der Waals surface area contributed by atoms with Crippen molar-refractivity contribution in [3.63, 3.8) is 0 Å². The molecule has 0 bridgehead atoms. The second kappa shape index (κ2) is 7.19. The Labute approximate surface area is 157 Å². The molecule has 0 spiro atoms. The fourth-order valence-corrected chi connectivity index (χ4v) is 3.40. The van der Waals surface area contributed by atoms with E-state index in [2.05, 4.69) is 0 Å². The summed E-state index contributed by atoms with van der Waals surface area (Å²) >= 11 is 0. The Hall–Kier alpha value is -3.22. The SMILES string of the molecule is Cc1cc(C)cc(N2CCN(C(=O)c3ccc([N+](=O)[O-])cc3)[C@H](C)C2=O)c1. The van der Waals surface area contributed by atoms with Gasteiger partial charge in [-0.3, -0.25) is 19.7 Å². The van der Waals surface area contributed by atoms with Gasteiger partial charge in [-0.15, -0.1) is 0 Å². The third-order valence-corrected chi connectivity index (χ3v) is 4.76. The number of amides is 2. The predicted molar refractivity (Wildman–Crippen MR) is 102 cm³/mol. The van der Waals surface area contributed by atoms with E-state index in [1.807, 2.05) is 32.0 Å². The van der Waals surface area contributed by atoms with Crippen molar-refractivity contribution in [3.8, 4) is 0 Å². The van der Waals surface area contributed by atoms with E-state index in [4.69, 9.17) is 0 Å². The topological polar surface area (TPSA) is 83.8 Å². The molecule has 3 rings (SSSR count). The number of rotatable bonds is 3. The van der Waals surface area contributed by atoms with Gasteiger partial charge in [-0.25, -0.2) is 0 Å². The van der Waals surface area contributed by atoms with Crippen LogP contribution in [0.4, 0.5) is 11.4 Å². The molecule has 1 aliphatic rings. The summed E-state index contributed by atoms with van der Waals surface area (Å²) < 4.78 is 0. The van der Waals surface area contributed by atoms with Crippen molar-refractivity contribution in [1.29, 1.82) is 0 Å². The van der Waals surface area contributed by atoms with Crippen LogP contribution in [0.2, 0.25) is 0 Å². The Kier molecular flexibility index (Phi) is 4.94. The first-order valence-corrected chi connectivity index (χ1v) is 8.73. The van der Waals surface area contributed by atoms with E-state index < -0.39 is 11.0 Å². The zero-order valence-corrected chi connectivity index (χ0v) is 15.5. The Bertz CT molecular complexity index is 888. The zero-order chi connectivity index (χ0) is 19.7. The summed E-state index contributed by atoms with van der Waals surface area (Å²) in [4.78, 5) is 39.1. The molecule has 1 heterocycles. The van der Waals surface area contributed by atoms with Crippen LogP contribution in [0.15, 0.2) is 42.5 Å². The minimum absolute atomic E-state index is 0.0738. The number of anilines is 1. The second-order valence-corrected chi connectivity index (χ2v) is 6.81. The molecule has 0 aliphatic carbocycles. The quantitative estimate of drug-likeness (QED) is 0.616. The molecule has 7 heteroatoms. The number of nitrogens with zero attached hydrogens (tertiary/aromatic N) is 3. The van der Waals surface area contributed by atoms with E-state index in [-0.39, 0.29) is 17.5 Å². The van der Waals surface area contributed by atoms with Crippen LogP contribution in [0, 0.1) is 24.0 Å². The molecule has 0 radical (unpaired) electrons. The summed E-state index contributed by atoms with van der Waals surface area (Å²) in [5, 5.41) is 10.8. The molecule has 1 aliphatic heterocycles. The first-order valence-electron chi connectivity index (χ1n) is 8.73. The molecule has 27 heavy (non-hydrogen) atoms. The highest BCUT2D eigenvalue weighted by atomic mass is 16.6. The number of carbonyl (C=O) groups is 2. The molecule has 0 aromatic heterocycles. The maximum atomic E-state index is 12.9. The fourth-order valence-electron chi connectivity index (χ4n) is 3.40. The number of piperazine rings is 1. The number of nitro groups is 1. The van der Waals surface area contributed by atoms with Gasteiger partial charge in [-0.2, -0.15) is 0 Å². The van der Waals surface area contributed by atoms with Crippen LogP contribution >= 0.6 is 0 Å². The summed E-state index contributed by atoms with van der Waals surface area (Å²) in [7, 11) is 0. The first-order chi connectivity index (χ1) is 12.8. The highest BCUT2D eigenvalue weighted by Crippen LogP contribution is 2.24. The fraction of sp³-hybridized carbons (Fsp3) is 0.300. The molecule has 1 atom stereocenters. The largest absolute Gasteiger partial charge is 0.325 e. The lowest BCUT2D eigenvalue weighted by Crippen LogP contribution is -2.57. The average Bonchev–Trinajstić information content (AvgIpc) is 2.62. The normalized spacial score (nSPS) is 17.1. The minimum atomic E-state index is -0.609. The van der Waals surface area contributed by atoms with Crippen molar-refractivity contribution >= 4 is 23.2 Å². The number of hydrogen-bond donors (Lipinski definition) is 0. The summed E-state index contributed by atoms with van der Waals surface area (Å²) in [6.45, 7) is 6.48. The summed E-state index contributed by atoms with van der Waals surface area (Å²) in [5.74, 6) is -0.438. The Morgan fingerprint density at radius 3 is 2.22 bits per heavy atom. The van der Waals surface area contributed by atoms with Crippen LogP contribution in [0.5, 0.6) is 0 Å². The Morgan fingerprint density at radius 2 is 1.67 bits per heavy atom. The molecule has 2 aromatic rings. The van der Waals surface area contributed by atoms with Crippen molar-refractivity contribution in [2.45, 2.75) is 26.8 Å². The van der Waals surface area contributed by atoms with Crippen LogP contribution in [0.3, 0.4) is 0 Å². The van der Waals surface area contributed by atoms with Crippen molar-refractivity contribution in [3.05, 3.63) is 69.3 Å². The number of carbonyl (C=O) groups excluding carboxylic acids is 2. The van der Waals surface area contributed by atoms with Crippen LogP contribution in [-0.2, 0) is 4.79 Å². The van der Waals surface area contributed by atoms with Gasteiger partial charge in [0.15, 0.2) is 0 Å². The smallest absolute Gasteiger partial charge is 0.269 e. The number of nitro benzene ring substituents is 1. The first kappa shape index (κ1) is 18.6. The van der Waals surface area contributed by atoms with E-state index >= 15 is 0 Å². The lowest BCUT2D eigenvalue weighted by atomic mass is 10.1.